The summed E-state index contributed by atoms with van der Waals surface area (Å²) in [5.74, 6) is -0.118. The summed E-state index contributed by atoms with van der Waals surface area (Å²) in [5, 5.41) is 18.4. The number of aromatic nitrogens is 6. The minimum Gasteiger partial charge on any atom is -0.348 e. The van der Waals surface area contributed by atoms with E-state index in [2.05, 4.69) is 25.9 Å². The standard InChI is InChI=1S/C16H19N7O/c1-11-8-13(3)22(19-11)9-12(2)18-16(24)14-4-6-15(7-5-14)23-10-17-20-21-23/h4-8,10,12H,9H2,1-3H3,(H,18,24)/t12-/m0/s1. The maximum absolute atomic E-state index is 12.3. The molecular weight excluding hydrogens is 306 g/mol. The second-order valence-corrected chi connectivity index (χ2v) is 5.78. The second kappa shape index (κ2) is 6.61. The molecule has 2 aromatic heterocycles. The lowest BCUT2D eigenvalue weighted by atomic mass is 10.2. The summed E-state index contributed by atoms with van der Waals surface area (Å²) in [5.41, 5.74) is 3.45. The molecule has 8 heteroatoms. The van der Waals surface area contributed by atoms with Gasteiger partial charge in [0, 0.05) is 17.3 Å². The van der Waals surface area contributed by atoms with Crippen molar-refractivity contribution in [3.8, 4) is 5.69 Å². The van der Waals surface area contributed by atoms with E-state index in [4.69, 9.17) is 0 Å². The molecule has 0 unspecified atom stereocenters. The maximum Gasteiger partial charge on any atom is 0.251 e. The van der Waals surface area contributed by atoms with E-state index in [1.165, 1.54) is 11.0 Å². The Balaban J connectivity index is 1.63. The highest BCUT2D eigenvalue weighted by Gasteiger charge is 2.12. The molecule has 0 saturated carbocycles. The number of aryl methyl sites for hydroxylation is 2. The Morgan fingerprint density at radius 1 is 1.25 bits per heavy atom. The molecule has 0 aliphatic carbocycles. The number of rotatable bonds is 5. The minimum atomic E-state index is -0.118. The van der Waals surface area contributed by atoms with E-state index in [-0.39, 0.29) is 11.9 Å². The van der Waals surface area contributed by atoms with Gasteiger partial charge in [0.2, 0.25) is 0 Å². The third kappa shape index (κ3) is 3.48. The summed E-state index contributed by atoms with van der Waals surface area (Å²) < 4.78 is 3.44. The first-order valence-corrected chi connectivity index (χ1v) is 7.68. The number of amides is 1. The van der Waals surface area contributed by atoms with Crippen LogP contribution in [0, 0.1) is 13.8 Å². The molecule has 0 saturated heterocycles. The molecule has 24 heavy (non-hydrogen) atoms. The fraction of sp³-hybridized carbons (Fsp3) is 0.312. The fourth-order valence-corrected chi connectivity index (χ4v) is 2.52. The molecule has 0 spiro atoms. The lowest BCUT2D eigenvalue weighted by Crippen LogP contribution is -2.36. The highest BCUT2D eigenvalue weighted by Crippen LogP contribution is 2.08. The number of hydrogen-bond donors (Lipinski definition) is 1. The van der Waals surface area contributed by atoms with Crippen molar-refractivity contribution in [1.29, 1.82) is 0 Å². The van der Waals surface area contributed by atoms with Crippen LogP contribution in [0.15, 0.2) is 36.7 Å². The number of hydrogen-bond acceptors (Lipinski definition) is 5. The Hall–Kier alpha value is -3.03. The molecule has 0 aliphatic rings. The molecule has 8 nitrogen and oxygen atoms in total. The van der Waals surface area contributed by atoms with Gasteiger partial charge in [-0.1, -0.05) is 0 Å². The smallest absolute Gasteiger partial charge is 0.251 e. The van der Waals surface area contributed by atoms with Crippen molar-refractivity contribution in [1.82, 2.24) is 35.3 Å². The van der Waals surface area contributed by atoms with Crippen molar-refractivity contribution in [3.05, 3.63) is 53.6 Å². The second-order valence-electron chi connectivity index (χ2n) is 5.78. The van der Waals surface area contributed by atoms with Crippen LogP contribution in [-0.4, -0.2) is 41.9 Å². The van der Waals surface area contributed by atoms with Gasteiger partial charge in [-0.2, -0.15) is 5.10 Å². The minimum absolute atomic E-state index is 0.0327. The average molecular weight is 325 g/mol. The van der Waals surface area contributed by atoms with Crippen LogP contribution in [-0.2, 0) is 6.54 Å². The first kappa shape index (κ1) is 15.9. The van der Waals surface area contributed by atoms with E-state index in [0.717, 1.165) is 17.1 Å². The molecular formula is C16H19N7O. The van der Waals surface area contributed by atoms with Gasteiger partial charge in [-0.05, 0) is 61.5 Å². The SMILES string of the molecule is Cc1cc(C)n(C[C@H](C)NC(=O)c2ccc(-n3cnnn3)cc2)n1. The van der Waals surface area contributed by atoms with Gasteiger partial charge in [-0.25, -0.2) is 4.68 Å². The van der Waals surface area contributed by atoms with Crippen molar-refractivity contribution in [2.75, 3.05) is 0 Å². The van der Waals surface area contributed by atoms with Crippen LogP contribution >= 0.6 is 0 Å². The summed E-state index contributed by atoms with van der Waals surface area (Å²) in [6.45, 7) is 6.56. The number of carbonyl (C=O) groups is 1. The molecule has 0 bridgehead atoms. The molecule has 3 aromatic rings. The Bertz CT molecular complexity index is 821. The summed E-state index contributed by atoms with van der Waals surface area (Å²) in [6, 6.07) is 9.10. The van der Waals surface area contributed by atoms with E-state index in [1.807, 2.05) is 31.5 Å². The summed E-state index contributed by atoms with van der Waals surface area (Å²) >= 11 is 0. The number of carbonyl (C=O) groups excluding carboxylic acids is 1. The lowest BCUT2D eigenvalue weighted by Gasteiger charge is -2.15. The molecule has 1 amide bonds. The number of nitrogens with one attached hydrogen (secondary N) is 1. The molecule has 0 aliphatic heterocycles. The molecule has 1 aromatic carbocycles. The zero-order valence-corrected chi connectivity index (χ0v) is 13.8. The molecule has 1 N–H and O–H groups in total. The number of tetrazole rings is 1. The first-order chi connectivity index (χ1) is 11.5. The van der Waals surface area contributed by atoms with E-state index >= 15 is 0 Å². The van der Waals surface area contributed by atoms with Gasteiger partial charge in [0.25, 0.3) is 5.91 Å². The van der Waals surface area contributed by atoms with E-state index in [0.29, 0.717) is 12.1 Å². The van der Waals surface area contributed by atoms with Crippen molar-refractivity contribution < 1.29 is 4.79 Å². The van der Waals surface area contributed by atoms with Crippen molar-refractivity contribution in [2.24, 2.45) is 0 Å². The first-order valence-electron chi connectivity index (χ1n) is 7.68. The normalized spacial score (nSPS) is 12.1. The summed E-state index contributed by atoms with van der Waals surface area (Å²) in [7, 11) is 0. The third-order valence-electron chi connectivity index (χ3n) is 3.67. The van der Waals surface area contributed by atoms with Gasteiger partial charge in [-0.15, -0.1) is 5.10 Å². The Morgan fingerprint density at radius 3 is 2.58 bits per heavy atom. The van der Waals surface area contributed by atoms with Crippen LogP contribution in [0.25, 0.3) is 5.69 Å². The monoisotopic (exact) mass is 325 g/mol. The van der Waals surface area contributed by atoms with Crippen LogP contribution in [0.2, 0.25) is 0 Å². The van der Waals surface area contributed by atoms with Gasteiger partial charge in [-0.3, -0.25) is 9.48 Å². The molecule has 0 radical (unpaired) electrons. The largest absolute Gasteiger partial charge is 0.348 e. The lowest BCUT2D eigenvalue weighted by molar-refractivity contribution is 0.0936. The van der Waals surface area contributed by atoms with E-state index in [9.17, 15) is 4.79 Å². The van der Waals surface area contributed by atoms with Crippen molar-refractivity contribution in [3.63, 3.8) is 0 Å². The highest BCUT2D eigenvalue weighted by molar-refractivity contribution is 5.94. The van der Waals surface area contributed by atoms with Gasteiger partial charge >= 0.3 is 0 Å². The predicted octanol–water partition coefficient (Wildman–Crippen LogP) is 1.29. The van der Waals surface area contributed by atoms with E-state index in [1.54, 1.807) is 24.3 Å². The number of nitrogens with zero attached hydrogens (tertiary/aromatic N) is 6. The predicted molar refractivity (Wildman–Crippen MR) is 87.8 cm³/mol. The highest BCUT2D eigenvalue weighted by atomic mass is 16.1. The Morgan fingerprint density at radius 2 is 2.00 bits per heavy atom. The van der Waals surface area contributed by atoms with Gasteiger partial charge in [0.15, 0.2) is 0 Å². The van der Waals surface area contributed by atoms with Crippen LogP contribution in [0.4, 0.5) is 0 Å². The maximum atomic E-state index is 12.3. The zero-order chi connectivity index (χ0) is 17.1. The molecule has 0 fully saturated rings. The molecule has 3 rings (SSSR count). The van der Waals surface area contributed by atoms with Crippen LogP contribution in [0.5, 0.6) is 0 Å². The zero-order valence-electron chi connectivity index (χ0n) is 13.8. The average Bonchev–Trinajstić information content (AvgIpc) is 3.18. The van der Waals surface area contributed by atoms with E-state index < -0.39 is 0 Å². The van der Waals surface area contributed by atoms with Gasteiger partial charge in [0.1, 0.15) is 6.33 Å². The fourth-order valence-electron chi connectivity index (χ4n) is 2.52. The van der Waals surface area contributed by atoms with Crippen LogP contribution < -0.4 is 5.32 Å². The van der Waals surface area contributed by atoms with Gasteiger partial charge in [0.05, 0.1) is 17.9 Å². The van der Waals surface area contributed by atoms with Crippen LogP contribution in [0.1, 0.15) is 28.7 Å². The molecule has 1 atom stereocenters. The summed E-state index contributed by atoms with van der Waals surface area (Å²) in [6.07, 6.45) is 1.51. The molecule has 2 heterocycles. The topological polar surface area (TPSA) is 90.5 Å². The van der Waals surface area contributed by atoms with Crippen LogP contribution in [0.3, 0.4) is 0 Å². The van der Waals surface area contributed by atoms with Crippen molar-refractivity contribution >= 4 is 5.91 Å². The Kier molecular flexibility index (Phi) is 4.37. The summed E-state index contributed by atoms with van der Waals surface area (Å²) in [4.78, 5) is 12.3. The quantitative estimate of drug-likeness (QED) is 0.763. The molecule has 124 valence electrons. The third-order valence-corrected chi connectivity index (χ3v) is 3.67. The van der Waals surface area contributed by atoms with Crippen molar-refractivity contribution in [2.45, 2.75) is 33.4 Å². The van der Waals surface area contributed by atoms with Gasteiger partial charge < -0.3 is 5.32 Å². The Labute approximate surface area is 139 Å². The number of benzene rings is 1.